The molecule has 0 aliphatic carbocycles. The fraction of sp³-hybridized carbons (Fsp3) is 0.294. The van der Waals surface area contributed by atoms with Crippen molar-refractivity contribution in [2.45, 2.75) is 32.4 Å². The molecule has 1 aliphatic heterocycles. The summed E-state index contributed by atoms with van der Waals surface area (Å²) in [5, 5.41) is 0.702. The molecule has 0 saturated heterocycles. The second kappa shape index (κ2) is 5.12. The summed E-state index contributed by atoms with van der Waals surface area (Å²) in [7, 11) is 0. The molecule has 1 aliphatic rings. The van der Waals surface area contributed by atoms with Crippen LogP contribution >= 0.6 is 11.6 Å². The van der Waals surface area contributed by atoms with Crippen LogP contribution in [0.4, 0.5) is 0 Å². The van der Waals surface area contributed by atoms with Crippen molar-refractivity contribution in [2.24, 2.45) is 5.73 Å². The van der Waals surface area contributed by atoms with E-state index in [0.29, 0.717) is 5.02 Å². The molecule has 3 rings (SSSR count). The van der Waals surface area contributed by atoms with Gasteiger partial charge in [0.2, 0.25) is 0 Å². The number of hydrogen-bond acceptors (Lipinski definition) is 2. The number of rotatable bonds is 1. The van der Waals surface area contributed by atoms with E-state index in [2.05, 4.69) is 32.0 Å². The van der Waals surface area contributed by atoms with Crippen LogP contribution in [0.3, 0.4) is 0 Å². The number of benzene rings is 2. The maximum atomic E-state index is 6.30. The van der Waals surface area contributed by atoms with Crippen LogP contribution in [0.15, 0.2) is 36.4 Å². The summed E-state index contributed by atoms with van der Waals surface area (Å²) in [5.74, 6) is 0.848. The Kier molecular flexibility index (Phi) is 3.45. The van der Waals surface area contributed by atoms with Gasteiger partial charge in [-0.15, -0.1) is 0 Å². The molecule has 0 amide bonds. The molecule has 0 aromatic heterocycles. The van der Waals surface area contributed by atoms with Crippen molar-refractivity contribution in [3.8, 4) is 5.75 Å². The van der Waals surface area contributed by atoms with E-state index < -0.39 is 0 Å². The van der Waals surface area contributed by atoms with Gasteiger partial charge in [-0.05, 0) is 48.7 Å². The van der Waals surface area contributed by atoms with Crippen LogP contribution in [-0.2, 0) is 0 Å². The van der Waals surface area contributed by atoms with Gasteiger partial charge in [-0.1, -0.05) is 29.8 Å². The maximum Gasteiger partial charge on any atom is 0.126 e. The van der Waals surface area contributed by atoms with Gasteiger partial charge in [0, 0.05) is 23.0 Å². The molecule has 2 N–H and O–H groups in total. The largest absolute Gasteiger partial charge is 0.485 e. The van der Waals surface area contributed by atoms with Gasteiger partial charge in [-0.3, -0.25) is 0 Å². The minimum Gasteiger partial charge on any atom is -0.485 e. The molecule has 0 radical (unpaired) electrons. The molecule has 20 heavy (non-hydrogen) atoms. The predicted octanol–water partition coefficient (Wildman–Crippen LogP) is 4.48. The molecule has 3 heteroatoms. The van der Waals surface area contributed by atoms with Crippen LogP contribution < -0.4 is 10.5 Å². The van der Waals surface area contributed by atoms with E-state index in [1.54, 1.807) is 0 Å². The average molecular weight is 288 g/mol. The van der Waals surface area contributed by atoms with Gasteiger partial charge in [0.25, 0.3) is 0 Å². The third-order valence-corrected chi connectivity index (χ3v) is 4.21. The third-order valence-electron chi connectivity index (χ3n) is 3.97. The molecule has 1 heterocycles. The van der Waals surface area contributed by atoms with E-state index in [4.69, 9.17) is 22.1 Å². The molecule has 2 nitrogen and oxygen atoms in total. The molecular formula is C17H18ClNO. The number of ether oxygens (including phenoxy) is 1. The standard InChI is InChI=1S/C17H18ClNO/c1-10-4-3-5-11(2)17(10)16-9-14(19)13-8-12(18)6-7-15(13)20-16/h3-8,14,16H,9,19H2,1-2H3/t14-,16?/m0/s1. The van der Waals surface area contributed by atoms with E-state index >= 15 is 0 Å². The Labute approximate surface area is 124 Å². The lowest BCUT2D eigenvalue weighted by molar-refractivity contribution is 0.160. The summed E-state index contributed by atoms with van der Waals surface area (Å²) in [6, 6.07) is 11.9. The summed E-state index contributed by atoms with van der Waals surface area (Å²) in [6.45, 7) is 4.24. The zero-order valence-electron chi connectivity index (χ0n) is 11.7. The van der Waals surface area contributed by atoms with Crippen molar-refractivity contribution >= 4 is 11.6 Å². The lowest BCUT2D eigenvalue weighted by Gasteiger charge is -2.32. The Morgan fingerprint density at radius 2 is 1.85 bits per heavy atom. The summed E-state index contributed by atoms with van der Waals surface area (Å²) < 4.78 is 6.17. The van der Waals surface area contributed by atoms with E-state index in [9.17, 15) is 0 Å². The first-order valence-electron chi connectivity index (χ1n) is 6.84. The van der Waals surface area contributed by atoms with Crippen LogP contribution in [0, 0.1) is 13.8 Å². The minimum absolute atomic E-state index is 0.0138. The second-order valence-corrected chi connectivity index (χ2v) is 5.87. The molecule has 0 spiro atoms. The van der Waals surface area contributed by atoms with Crippen LogP contribution in [-0.4, -0.2) is 0 Å². The fourth-order valence-electron chi connectivity index (χ4n) is 2.99. The summed E-state index contributed by atoms with van der Waals surface area (Å²) >= 11 is 6.03. The van der Waals surface area contributed by atoms with Crippen LogP contribution in [0.1, 0.15) is 40.8 Å². The lowest BCUT2D eigenvalue weighted by atomic mass is 9.89. The minimum atomic E-state index is -0.0403. The summed E-state index contributed by atoms with van der Waals surface area (Å²) in [6.07, 6.45) is 0.791. The molecule has 2 aromatic carbocycles. The van der Waals surface area contributed by atoms with Gasteiger partial charge in [-0.25, -0.2) is 0 Å². The highest BCUT2D eigenvalue weighted by molar-refractivity contribution is 6.30. The van der Waals surface area contributed by atoms with Gasteiger partial charge < -0.3 is 10.5 Å². The van der Waals surface area contributed by atoms with E-state index in [-0.39, 0.29) is 12.1 Å². The van der Waals surface area contributed by atoms with Crippen molar-refractivity contribution in [2.75, 3.05) is 0 Å². The van der Waals surface area contributed by atoms with Crippen LogP contribution in [0.25, 0.3) is 0 Å². The average Bonchev–Trinajstić information content (AvgIpc) is 2.39. The highest BCUT2D eigenvalue weighted by atomic mass is 35.5. The van der Waals surface area contributed by atoms with Crippen molar-refractivity contribution in [3.05, 3.63) is 63.7 Å². The Bertz CT molecular complexity index is 633. The monoisotopic (exact) mass is 287 g/mol. The molecule has 0 fully saturated rings. The highest BCUT2D eigenvalue weighted by Gasteiger charge is 2.28. The first-order valence-corrected chi connectivity index (χ1v) is 7.22. The number of fused-ring (bicyclic) bond motifs is 1. The van der Waals surface area contributed by atoms with E-state index in [0.717, 1.165) is 17.7 Å². The Hall–Kier alpha value is -1.51. The molecule has 2 atom stereocenters. The van der Waals surface area contributed by atoms with Gasteiger partial charge in [0.1, 0.15) is 11.9 Å². The molecule has 2 aromatic rings. The Morgan fingerprint density at radius 3 is 2.55 bits per heavy atom. The summed E-state index contributed by atoms with van der Waals surface area (Å²) in [5.41, 5.74) is 11.1. The Morgan fingerprint density at radius 1 is 1.15 bits per heavy atom. The van der Waals surface area contributed by atoms with Gasteiger partial charge in [-0.2, -0.15) is 0 Å². The van der Waals surface area contributed by atoms with Gasteiger partial charge >= 0.3 is 0 Å². The van der Waals surface area contributed by atoms with Crippen LogP contribution in [0.2, 0.25) is 5.02 Å². The van der Waals surface area contributed by atoms with Gasteiger partial charge in [0.05, 0.1) is 0 Å². The highest BCUT2D eigenvalue weighted by Crippen LogP contribution is 2.42. The number of nitrogens with two attached hydrogens (primary N) is 1. The normalized spacial score (nSPS) is 21.2. The molecule has 0 bridgehead atoms. The molecule has 104 valence electrons. The Balaban J connectivity index is 2.01. The van der Waals surface area contributed by atoms with Crippen molar-refractivity contribution in [3.63, 3.8) is 0 Å². The number of halogens is 1. The third kappa shape index (κ3) is 2.30. The fourth-order valence-corrected chi connectivity index (χ4v) is 3.17. The number of hydrogen-bond donors (Lipinski definition) is 1. The first kappa shape index (κ1) is 13.5. The predicted molar refractivity (Wildman–Crippen MR) is 82.3 cm³/mol. The molecular weight excluding hydrogens is 270 g/mol. The maximum absolute atomic E-state index is 6.30. The topological polar surface area (TPSA) is 35.2 Å². The molecule has 0 saturated carbocycles. The quantitative estimate of drug-likeness (QED) is 0.839. The zero-order valence-corrected chi connectivity index (χ0v) is 12.4. The van der Waals surface area contributed by atoms with Crippen LogP contribution in [0.5, 0.6) is 5.75 Å². The number of aryl methyl sites for hydroxylation is 2. The molecule has 1 unspecified atom stereocenters. The lowest BCUT2D eigenvalue weighted by Crippen LogP contribution is -2.25. The second-order valence-electron chi connectivity index (χ2n) is 5.44. The SMILES string of the molecule is Cc1cccc(C)c1C1C[C@H](N)c2cc(Cl)ccc2O1. The van der Waals surface area contributed by atoms with E-state index in [1.807, 2.05) is 18.2 Å². The zero-order chi connectivity index (χ0) is 14.3. The first-order chi connectivity index (χ1) is 9.56. The van der Waals surface area contributed by atoms with Gasteiger partial charge in [0.15, 0.2) is 0 Å². The van der Waals surface area contributed by atoms with Crippen molar-refractivity contribution < 1.29 is 4.74 Å². The van der Waals surface area contributed by atoms with E-state index in [1.165, 1.54) is 16.7 Å². The van der Waals surface area contributed by atoms with Crippen molar-refractivity contribution in [1.29, 1.82) is 0 Å². The smallest absolute Gasteiger partial charge is 0.126 e. The summed E-state index contributed by atoms with van der Waals surface area (Å²) in [4.78, 5) is 0. The van der Waals surface area contributed by atoms with Crippen molar-refractivity contribution in [1.82, 2.24) is 0 Å².